The number of likely N-dealkylation sites (N-methyl/N-ethyl adjacent to an activating group) is 1. The van der Waals surface area contributed by atoms with Crippen LogP contribution in [0.1, 0.15) is 6.42 Å². The first-order chi connectivity index (χ1) is 8.09. The van der Waals surface area contributed by atoms with Crippen molar-refractivity contribution in [3.8, 4) is 0 Å². The zero-order valence-electron chi connectivity index (χ0n) is 9.56. The summed E-state index contributed by atoms with van der Waals surface area (Å²) in [5.74, 6) is 0.820. The molecule has 0 aromatic carbocycles. The average Bonchev–Trinajstić information content (AvgIpc) is 2.46. The van der Waals surface area contributed by atoms with Gasteiger partial charge in [-0.2, -0.15) is 0 Å². The molecule has 92 valence electrons. The van der Waals surface area contributed by atoms with Crippen molar-refractivity contribution in [2.24, 2.45) is 0 Å². The van der Waals surface area contributed by atoms with Crippen LogP contribution in [0.25, 0.3) is 0 Å². The fraction of sp³-hybridized carbons (Fsp3) is 0.500. The molecule has 7 heteroatoms. The normalized spacial score (nSPS) is 17.2. The Kier molecular flexibility index (Phi) is 3.33. The zero-order valence-corrected chi connectivity index (χ0v) is 10.3. The van der Waals surface area contributed by atoms with Gasteiger partial charge in [0.25, 0.3) is 0 Å². The molecule has 0 radical (unpaired) electrons. The van der Waals surface area contributed by atoms with Crippen molar-refractivity contribution in [1.82, 2.24) is 14.9 Å². The van der Waals surface area contributed by atoms with E-state index in [9.17, 15) is 4.79 Å². The lowest BCUT2D eigenvalue weighted by Crippen LogP contribution is -2.35. The Morgan fingerprint density at radius 2 is 2.18 bits per heavy atom. The number of carbonyl (C=O) groups excluding carboxylic acids is 1. The Morgan fingerprint density at radius 1 is 1.41 bits per heavy atom. The molecule has 2 heterocycles. The van der Waals surface area contributed by atoms with E-state index in [1.807, 2.05) is 4.90 Å². The Balaban J connectivity index is 2.27. The molecule has 1 aromatic heterocycles. The first-order valence-corrected chi connectivity index (χ1v) is 5.72. The third kappa shape index (κ3) is 2.41. The molecule has 1 aliphatic rings. The predicted molar refractivity (Wildman–Crippen MR) is 65.9 cm³/mol. The van der Waals surface area contributed by atoms with E-state index in [0.29, 0.717) is 10.8 Å². The van der Waals surface area contributed by atoms with Gasteiger partial charge in [-0.3, -0.25) is 4.79 Å². The summed E-state index contributed by atoms with van der Waals surface area (Å²) in [6, 6.07) is 0. The SMILES string of the molecule is CN1CCCN(c2ncnc(N)c2Cl)CC1=O. The number of amides is 1. The van der Waals surface area contributed by atoms with Gasteiger partial charge in [0, 0.05) is 20.1 Å². The lowest BCUT2D eigenvalue weighted by Gasteiger charge is -2.21. The molecule has 2 rings (SSSR count). The Labute approximate surface area is 104 Å². The second-order valence-corrected chi connectivity index (χ2v) is 4.36. The van der Waals surface area contributed by atoms with Gasteiger partial charge in [0.1, 0.15) is 17.2 Å². The largest absolute Gasteiger partial charge is 0.382 e. The minimum atomic E-state index is 0.0516. The number of hydrogen-bond donors (Lipinski definition) is 1. The average molecular weight is 256 g/mol. The lowest BCUT2D eigenvalue weighted by atomic mass is 10.3. The van der Waals surface area contributed by atoms with E-state index in [-0.39, 0.29) is 18.3 Å². The second-order valence-electron chi connectivity index (χ2n) is 3.99. The monoisotopic (exact) mass is 255 g/mol. The van der Waals surface area contributed by atoms with E-state index in [1.165, 1.54) is 6.33 Å². The quantitative estimate of drug-likeness (QED) is 0.785. The number of aromatic nitrogens is 2. The summed E-state index contributed by atoms with van der Waals surface area (Å²) in [6.45, 7) is 1.74. The molecule has 6 nitrogen and oxygen atoms in total. The minimum Gasteiger partial charge on any atom is -0.382 e. The van der Waals surface area contributed by atoms with E-state index in [1.54, 1.807) is 11.9 Å². The summed E-state index contributed by atoms with van der Waals surface area (Å²) < 4.78 is 0. The van der Waals surface area contributed by atoms with Crippen LogP contribution in [0.3, 0.4) is 0 Å². The van der Waals surface area contributed by atoms with Gasteiger partial charge in [-0.25, -0.2) is 9.97 Å². The molecule has 0 bridgehead atoms. The van der Waals surface area contributed by atoms with Crippen molar-refractivity contribution in [2.75, 3.05) is 37.3 Å². The summed E-state index contributed by atoms with van der Waals surface area (Å²) in [7, 11) is 1.79. The lowest BCUT2D eigenvalue weighted by molar-refractivity contribution is -0.127. The maximum Gasteiger partial charge on any atom is 0.241 e. The van der Waals surface area contributed by atoms with Crippen LogP contribution >= 0.6 is 11.6 Å². The van der Waals surface area contributed by atoms with Gasteiger partial charge in [0.15, 0.2) is 5.82 Å². The topological polar surface area (TPSA) is 75.3 Å². The Morgan fingerprint density at radius 3 is 2.94 bits per heavy atom. The van der Waals surface area contributed by atoms with Gasteiger partial charge in [0.05, 0.1) is 6.54 Å². The van der Waals surface area contributed by atoms with Crippen LogP contribution in [0, 0.1) is 0 Å². The van der Waals surface area contributed by atoms with Crippen LogP contribution in [0.4, 0.5) is 11.6 Å². The van der Waals surface area contributed by atoms with Crippen molar-refractivity contribution >= 4 is 29.1 Å². The molecule has 1 amide bonds. The van der Waals surface area contributed by atoms with Crippen LogP contribution in [0.15, 0.2) is 6.33 Å². The molecule has 1 fully saturated rings. The summed E-state index contributed by atoms with van der Waals surface area (Å²) >= 11 is 6.05. The van der Waals surface area contributed by atoms with E-state index < -0.39 is 0 Å². The first kappa shape index (κ1) is 11.9. The summed E-state index contributed by atoms with van der Waals surface area (Å²) in [5.41, 5.74) is 5.62. The van der Waals surface area contributed by atoms with E-state index in [2.05, 4.69) is 9.97 Å². The zero-order chi connectivity index (χ0) is 12.4. The highest BCUT2D eigenvalue weighted by atomic mass is 35.5. The molecule has 2 N–H and O–H groups in total. The maximum absolute atomic E-state index is 11.8. The van der Waals surface area contributed by atoms with Crippen LogP contribution in [-0.2, 0) is 4.79 Å². The molecule has 1 saturated heterocycles. The molecule has 17 heavy (non-hydrogen) atoms. The van der Waals surface area contributed by atoms with E-state index in [4.69, 9.17) is 17.3 Å². The number of hydrogen-bond acceptors (Lipinski definition) is 5. The van der Waals surface area contributed by atoms with Gasteiger partial charge < -0.3 is 15.5 Å². The number of nitrogen functional groups attached to an aromatic ring is 1. The number of halogens is 1. The third-order valence-corrected chi connectivity index (χ3v) is 3.13. The molecule has 1 aliphatic heterocycles. The highest BCUT2D eigenvalue weighted by molar-refractivity contribution is 6.35. The van der Waals surface area contributed by atoms with Crippen LogP contribution < -0.4 is 10.6 Å². The molecule has 0 aliphatic carbocycles. The van der Waals surface area contributed by atoms with E-state index in [0.717, 1.165) is 19.5 Å². The van der Waals surface area contributed by atoms with Crippen LogP contribution in [0.5, 0.6) is 0 Å². The molecule has 0 saturated carbocycles. The Hall–Kier alpha value is -1.56. The third-order valence-electron chi connectivity index (χ3n) is 2.77. The van der Waals surface area contributed by atoms with Gasteiger partial charge in [0.2, 0.25) is 5.91 Å². The van der Waals surface area contributed by atoms with Gasteiger partial charge in [-0.1, -0.05) is 11.6 Å². The number of carbonyl (C=O) groups is 1. The van der Waals surface area contributed by atoms with Gasteiger partial charge >= 0.3 is 0 Å². The van der Waals surface area contributed by atoms with Crippen molar-refractivity contribution in [3.63, 3.8) is 0 Å². The smallest absolute Gasteiger partial charge is 0.241 e. The fourth-order valence-corrected chi connectivity index (χ4v) is 1.98. The minimum absolute atomic E-state index is 0.0516. The molecule has 0 spiro atoms. The molecule has 0 unspecified atom stereocenters. The number of nitrogens with two attached hydrogens (primary N) is 1. The molecular weight excluding hydrogens is 242 g/mol. The van der Waals surface area contributed by atoms with Crippen molar-refractivity contribution < 1.29 is 4.79 Å². The van der Waals surface area contributed by atoms with Gasteiger partial charge in [-0.15, -0.1) is 0 Å². The standard InChI is InChI=1S/C10H14ClN5O/c1-15-3-2-4-16(5-7(15)17)10-8(11)9(12)13-6-14-10/h6H,2-5H2,1H3,(H2,12,13,14). The molecule has 1 aromatic rings. The van der Waals surface area contributed by atoms with Crippen molar-refractivity contribution in [1.29, 1.82) is 0 Å². The summed E-state index contributed by atoms with van der Waals surface area (Å²) in [6.07, 6.45) is 2.23. The fourth-order valence-electron chi connectivity index (χ4n) is 1.76. The molecular formula is C10H14ClN5O. The predicted octanol–water partition coefficient (Wildman–Crippen LogP) is 0.381. The first-order valence-electron chi connectivity index (χ1n) is 5.34. The number of rotatable bonds is 1. The number of anilines is 2. The second kappa shape index (κ2) is 4.75. The van der Waals surface area contributed by atoms with Crippen LogP contribution in [-0.4, -0.2) is 47.5 Å². The summed E-state index contributed by atoms with van der Waals surface area (Å²) in [4.78, 5) is 23.2. The molecule has 0 atom stereocenters. The summed E-state index contributed by atoms with van der Waals surface area (Å²) in [5, 5.41) is 0.310. The maximum atomic E-state index is 11.8. The van der Waals surface area contributed by atoms with Crippen molar-refractivity contribution in [3.05, 3.63) is 11.3 Å². The van der Waals surface area contributed by atoms with Gasteiger partial charge in [-0.05, 0) is 6.42 Å². The highest BCUT2D eigenvalue weighted by Crippen LogP contribution is 2.27. The highest BCUT2D eigenvalue weighted by Gasteiger charge is 2.22. The Bertz CT molecular complexity index is 439. The van der Waals surface area contributed by atoms with Crippen molar-refractivity contribution in [2.45, 2.75) is 6.42 Å². The number of nitrogens with zero attached hydrogens (tertiary/aromatic N) is 4. The van der Waals surface area contributed by atoms with Crippen LogP contribution in [0.2, 0.25) is 5.02 Å². The van der Waals surface area contributed by atoms with E-state index >= 15 is 0 Å².